The van der Waals surface area contributed by atoms with Crippen LogP contribution in [-0.2, 0) is 6.42 Å². The molecule has 1 atom stereocenters. The minimum Gasteiger partial charge on any atom is -0.293 e. The highest BCUT2D eigenvalue weighted by Gasteiger charge is 2.33. The van der Waals surface area contributed by atoms with Crippen molar-refractivity contribution in [3.05, 3.63) is 64.4 Å². The Labute approximate surface area is 121 Å². The minimum atomic E-state index is -0.604. The number of hydrogen-bond donors (Lipinski definition) is 0. The molecule has 4 heteroatoms. The first-order valence-corrected chi connectivity index (χ1v) is 6.81. The molecule has 2 aromatic rings. The minimum absolute atomic E-state index is 0.114. The first-order chi connectivity index (χ1) is 9.66. The summed E-state index contributed by atoms with van der Waals surface area (Å²) >= 11 is 5.93. The van der Waals surface area contributed by atoms with Crippen molar-refractivity contribution >= 4 is 23.2 Å². The average molecular weight is 286 g/mol. The zero-order valence-electron chi connectivity index (χ0n) is 10.7. The number of hydrogen-bond acceptors (Lipinski definition) is 3. The van der Waals surface area contributed by atoms with Crippen LogP contribution in [0, 0.1) is 5.92 Å². The van der Waals surface area contributed by atoms with Crippen molar-refractivity contribution in [2.75, 3.05) is 0 Å². The molecule has 0 saturated heterocycles. The molecule has 0 fully saturated rings. The fourth-order valence-electron chi connectivity index (χ4n) is 2.59. The molecule has 1 unspecified atom stereocenters. The molecular weight excluding hydrogens is 274 g/mol. The van der Waals surface area contributed by atoms with Crippen LogP contribution in [0.1, 0.15) is 32.7 Å². The smallest absolute Gasteiger partial charge is 0.175 e. The van der Waals surface area contributed by atoms with E-state index in [0.29, 0.717) is 29.0 Å². The topological polar surface area (TPSA) is 47.0 Å². The predicted octanol–water partition coefficient (Wildman–Crippen LogP) is 3.36. The van der Waals surface area contributed by atoms with E-state index in [4.69, 9.17) is 11.6 Å². The van der Waals surface area contributed by atoms with Crippen molar-refractivity contribution in [1.29, 1.82) is 0 Å². The summed E-state index contributed by atoms with van der Waals surface area (Å²) in [5.41, 5.74) is 2.03. The number of carbonyl (C=O) groups is 2. The number of fused-ring (bicyclic) bond motifs is 1. The third-order valence-corrected chi connectivity index (χ3v) is 3.85. The van der Waals surface area contributed by atoms with Gasteiger partial charge in [-0.05, 0) is 48.7 Å². The fourth-order valence-corrected chi connectivity index (χ4v) is 2.78. The van der Waals surface area contributed by atoms with Gasteiger partial charge in [-0.3, -0.25) is 14.6 Å². The van der Waals surface area contributed by atoms with Gasteiger partial charge in [0.15, 0.2) is 11.6 Å². The van der Waals surface area contributed by atoms with E-state index in [1.807, 2.05) is 0 Å². The maximum atomic E-state index is 12.5. The molecule has 3 nitrogen and oxygen atoms in total. The number of aromatic nitrogens is 1. The first-order valence-electron chi connectivity index (χ1n) is 6.43. The number of nitrogens with zero attached hydrogens (tertiary/aromatic N) is 1. The van der Waals surface area contributed by atoms with Crippen LogP contribution in [0.25, 0.3) is 0 Å². The summed E-state index contributed by atoms with van der Waals surface area (Å²) in [5, 5.41) is 0.619. The van der Waals surface area contributed by atoms with E-state index < -0.39 is 5.92 Å². The molecule has 3 rings (SSSR count). The van der Waals surface area contributed by atoms with Crippen LogP contribution in [0.2, 0.25) is 5.02 Å². The van der Waals surface area contributed by atoms with E-state index in [1.165, 1.54) is 6.20 Å². The van der Waals surface area contributed by atoms with Crippen molar-refractivity contribution in [3.63, 3.8) is 0 Å². The SMILES string of the molecule is O=C(c1cccnc1)C1CCc2cc(Cl)ccc2C1=O. The number of pyridine rings is 1. The summed E-state index contributed by atoms with van der Waals surface area (Å²) in [7, 11) is 0. The standard InChI is InChI=1S/C16H12ClNO2/c17-12-4-6-13-10(8-12)3-5-14(16(13)20)15(19)11-2-1-7-18-9-11/h1-2,4,6-9,14H,3,5H2. The Morgan fingerprint density at radius 2 is 2.15 bits per heavy atom. The monoisotopic (exact) mass is 285 g/mol. The molecule has 20 heavy (non-hydrogen) atoms. The largest absolute Gasteiger partial charge is 0.293 e. The third kappa shape index (κ3) is 2.25. The molecule has 0 N–H and O–H groups in total. The lowest BCUT2D eigenvalue weighted by molar-refractivity contribution is 0.0790. The van der Waals surface area contributed by atoms with Crippen molar-refractivity contribution in [1.82, 2.24) is 4.98 Å². The van der Waals surface area contributed by atoms with Crippen molar-refractivity contribution < 1.29 is 9.59 Å². The van der Waals surface area contributed by atoms with Gasteiger partial charge >= 0.3 is 0 Å². The highest BCUT2D eigenvalue weighted by molar-refractivity contribution is 6.31. The molecule has 0 bridgehead atoms. The normalized spacial score (nSPS) is 17.6. The number of halogens is 1. The molecule has 1 aromatic carbocycles. The number of benzene rings is 1. The van der Waals surface area contributed by atoms with Crippen LogP contribution < -0.4 is 0 Å². The second-order valence-electron chi connectivity index (χ2n) is 4.86. The summed E-state index contributed by atoms with van der Waals surface area (Å²) in [6.45, 7) is 0. The molecule has 0 aliphatic heterocycles. The van der Waals surface area contributed by atoms with Gasteiger partial charge in [-0.25, -0.2) is 0 Å². The van der Waals surface area contributed by atoms with Gasteiger partial charge < -0.3 is 0 Å². The van der Waals surface area contributed by atoms with E-state index in [2.05, 4.69) is 4.98 Å². The highest BCUT2D eigenvalue weighted by Crippen LogP contribution is 2.29. The number of Topliss-reactive ketones (excluding diaryl/α,β-unsaturated/α-hetero) is 2. The lowest BCUT2D eigenvalue weighted by Gasteiger charge is -2.22. The Kier molecular flexibility index (Phi) is 3.36. The molecule has 0 amide bonds. The summed E-state index contributed by atoms with van der Waals surface area (Å²) in [6, 6.07) is 8.60. The van der Waals surface area contributed by atoms with Crippen molar-refractivity contribution in [2.24, 2.45) is 5.92 Å². The van der Waals surface area contributed by atoms with E-state index in [1.54, 1.807) is 36.5 Å². The zero-order valence-corrected chi connectivity index (χ0v) is 11.4. The predicted molar refractivity (Wildman–Crippen MR) is 76.2 cm³/mol. The van der Waals surface area contributed by atoms with E-state index in [-0.39, 0.29) is 11.6 Å². The molecular formula is C16H12ClNO2. The van der Waals surface area contributed by atoms with E-state index in [9.17, 15) is 9.59 Å². The highest BCUT2D eigenvalue weighted by atomic mass is 35.5. The fraction of sp³-hybridized carbons (Fsp3) is 0.188. The van der Waals surface area contributed by atoms with Crippen LogP contribution in [0.15, 0.2) is 42.7 Å². The quantitative estimate of drug-likeness (QED) is 0.628. The number of ketones is 2. The number of carbonyl (C=O) groups excluding carboxylic acids is 2. The maximum absolute atomic E-state index is 12.5. The van der Waals surface area contributed by atoms with Gasteiger partial charge in [0.05, 0.1) is 5.92 Å². The average Bonchev–Trinajstić information content (AvgIpc) is 2.48. The number of aryl methyl sites for hydroxylation is 1. The Morgan fingerprint density at radius 1 is 1.30 bits per heavy atom. The van der Waals surface area contributed by atoms with Crippen molar-refractivity contribution in [3.8, 4) is 0 Å². The van der Waals surface area contributed by atoms with Crippen LogP contribution in [0.4, 0.5) is 0 Å². The molecule has 1 aromatic heterocycles. The molecule has 0 saturated carbocycles. The van der Waals surface area contributed by atoms with E-state index in [0.717, 1.165) is 5.56 Å². The van der Waals surface area contributed by atoms with E-state index >= 15 is 0 Å². The van der Waals surface area contributed by atoms with Gasteiger partial charge in [0.2, 0.25) is 0 Å². The van der Waals surface area contributed by atoms with Crippen LogP contribution in [-0.4, -0.2) is 16.6 Å². The lowest BCUT2D eigenvalue weighted by Crippen LogP contribution is -2.29. The van der Waals surface area contributed by atoms with Crippen LogP contribution in [0.5, 0.6) is 0 Å². The molecule has 1 aliphatic rings. The first kappa shape index (κ1) is 13.0. The summed E-state index contributed by atoms with van der Waals surface area (Å²) < 4.78 is 0. The van der Waals surface area contributed by atoms with Gasteiger partial charge in [0.25, 0.3) is 0 Å². The summed E-state index contributed by atoms with van der Waals surface area (Å²) in [6.07, 6.45) is 4.34. The van der Waals surface area contributed by atoms with Gasteiger partial charge in [-0.2, -0.15) is 0 Å². The summed E-state index contributed by atoms with van der Waals surface area (Å²) in [5.74, 6) is -0.867. The summed E-state index contributed by atoms with van der Waals surface area (Å²) in [4.78, 5) is 28.8. The third-order valence-electron chi connectivity index (χ3n) is 3.61. The van der Waals surface area contributed by atoms with Crippen molar-refractivity contribution in [2.45, 2.75) is 12.8 Å². The Bertz CT molecular complexity index is 682. The molecule has 1 heterocycles. The van der Waals surface area contributed by atoms with Gasteiger partial charge in [-0.1, -0.05) is 11.6 Å². The zero-order chi connectivity index (χ0) is 14.1. The Morgan fingerprint density at radius 3 is 2.90 bits per heavy atom. The van der Waals surface area contributed by atoms with Crippen LogP contribution in [0.3, 0.4) is 0 Å². The Balaban J connectivity index is 1.93. The van der Waals surface area contributed by atoms with Crippen LogP contribution >= 0.6 is 11.6 Å². The second-order valence-corrected chi connectivity index (χ2v) is 5.30. The number of rotatable bonds is 2. The molecule has 0 spiro atoms. The molecule has 100 valence electrons. The maximum Gasteiger partial charge on any atom is 0.175 e. The second kappa shape index (κ2) is 5.17. The lowest BCUT2D eigenvalue weighted by atomic mass is 9.79. The van der Waals surface area contributed by atoms with Gasteiger partial charge in [0, 0.05) is 28.5 Å². The van der Waals surface area contributed by atoms with Gasteiger partial charge in [0.1, 0.15) is 0 Å². The molecule has 0 radical (unpaired) electrons. The Hall–Kier alpha value is -2.00. The molecule has 1 aliphatic carbocycles. The van der Waals surface area contributed by atoms with Gasteiger partial charge in [-0.15, -0.1) is 0 Å².